The summed E-state index contributed by atoms with van der Waals surface area (Å²) < 4.78 is 31.2. The molecule has 0 saturated carbocycles. The van der Waals surface area contributed by atoms with Gasteiger partial charge in [0.05, 0.1) is 18.8 Å². The number of amides is 1. The number of carbonyl (C=O) groups excluding carboxylic acids is 1. The van der Waals surface area contributed by atoms with Gasteiger partial charge < -0.3 is 9.84 Å². The average Bonchev–Trinajstić information content (AvgIpc) is 3.13. The smallest absolute Gasteiger partial charge is 0.250 e. The third-order valence-electron chi connectivity index (χ3n) is 2.81. The summed E-state index contributed by atoms with van der Waals surface area (Å²) in [6.45, 7) is 3.81. The summed E-state index contributed by atoms with van der Waals surface area (Å²) in [5.41, 5.74) is 0.808. The molecule has 0 aliphatic carbocycles. The number of sulfonamides is 1. The first-order valence-electron chi connectivity index (χ1n) is 6.64. The fourth-order valence-electron chi connectivity index (χ4n) is 1.58. The van der Waals surface area contributed by atoms with Crippen molar-refractivity contribution in [1.82, 2.24) is 15.2 Å². The highest BCUT2D eigenvalue weighted by molar-refractivity contribution is 7.91. The van der Waals surface area contributed by atoms with E-state index in [4.69, 9.17) is 4.52 Å². The summed E-state index contributed by atoms with van der Waals surface area (Å²) >= 11 is 1.09. The van der Waals surface area contributed by atoms with Gasteiger partial charge in [0, 0.05) is 6.07 Å². The maximum atomic E-state index is 11.8. The minimum atomic E-state index is -3.63. The van der Waals surface area contributed by atoms with Gasteiger partial charge >= 0.3 is 0 Å². The molecule has 0 aliphatic heterocycles. The molecule has 9 heteroatoms. The molecule has 0 radical (unpaired) electrons. The van der Waals surface area contributed by atoms with Gasteiger partial charge in [0.1, 0.15) is 4.21 Å². The zero-order chi connectivity index (χ0) is 16.2. The SMILES string of the molecule is CC(C)c1cc(CNC(=O)CNS(=O)(=O)c2cccs2)on1. The number of nitrogens with one attached hydrogen (secondary N) is 2. The van der Waals surface area contributed by atoms with E-state index in [2.05, 4.69) is 15.2 Å². The lowest BCUT2D eigenvalue weighted by molar-refractivity contribution is -0.120. The topological polar surface area (TPSA) is 101 Å². The molecule has 0 unspecified atom stereocenters. The third-order valence-corrected chi connectivity index (χ3v) is 5.61. The number of nitrogens with zero attached hydrogens (tertiary/aromatic N) is 1. The molecule has 0 bridgehead atoms. The molecule has 0 atom stereocenters. The third kappa shape index (κ3) is 4.39. The highest BCUT2D eigenvalue weighted by Crippen LogP contribution is 2.15. The van der Waals surface area contributed by atoms with Crippen molar-refractivity contribution < 1.29 is 17.7 Å². The number of hydrogen-bond acceptors (Lipinski definition) is 6. The minimum Gasteiger partial charge on any atom is -0.359 e. The van der Waals surface area contributed by atoms with Gasteiger partial charge in [-0.1, -0.05) is 25.1 Å². The maximum absolute atomic E-state index is 11.8. The van der Waals surface area contributed by atoms with Crippen LogP contribution in [0.5, 0.6) is 0 Å². The van der Waals surface area contributed by atoms with Gasteiger partial charge in [0.25, 0.3) is 10.0 Å². The van der Waals surface area contributed by atoms with Crippen LogP contribution in [0.25, 0.3) is 0 Å². The molecule has 0 aliphatic rings. The molecule has 7 nitrogen and oxygen atoms in total. The Balaban J connectivity index is 1.81. The van der Waals surface area contributed by atoms with Crippen molar-refractivity contribution in [1.29, 1.82) is 0 Å². The van der Waals surface area contributed by atoms with Gasteiger partial charge in [-0.3, -0.25) is 4.79 Å². The Labute approximate surface area is 132 Å². The molecule has 0 aromatic carbocycles. The van der Waals surface area contributed by atoms with E-state index < -0.39 is 15.9 Å². The van der Waals surface area contributed by atoms with E-state index in [0.717, 1.165) is 17.0 Å². The van der Waals surface area contributed by atoms with Crippen molar-refractivity contribution in [2.24, 2.45) is 0 Å². The van der Waals surface area contributed by atoms with Crippen LogP contribution in [0.4, 0.5) is 0 Å². The highest BCUT2D eigenvalue weighted by Gasteiger charge is 2.16. The molecule has 0 saturated heterocycles. The largest absolute Gasteiger partial charge is 0.359 e. The molecule has 0 fully saturated rings. The van der Waals surface area contributed by atoms with E-state index in [-0.39, 0.29) is 23.2 Å². The van der Waals surface area contributed by atoms with Crippen molar-refractivity contribution in [2.45, 2.75) is 30.5 Å². The van der Waals surface area contributed by atoms with E-state index in [0.29, 0.717) is 5.76 Å². The Morgan fingerprint density at radius 2 is 2.23 bits per heavy atom. The Kier molecular flexibility index (Phi) is 5.33. The number of rotatable bonds is 7. The molecule has 0 spiro atoms. The molecule has 22 heavy (non-hydrogen) atoms. The van der Waals surface area contributed by atoms with Gasteiger partial charge in [-0.25, -0.2) is 13.1 Å². The van der Waals surface area contributed by atoms with Crippen LogP contribution in [0.15, 0.2) is 32.3 Å². The Morgan fingerprint density at radius 1 is 1.45 bits per heavy atom. The maximum Gasteiger partial charge on any atom is 0.250 e. The van der Waals surface area contributed by atoms with Crippen LogP contribution in [0.1, 0.15) is 31.2 Å². The number of thiophene rings is 1. The fraction of sp³-hybridized carbons (Fsp3) is 0.385. The van der Waals surface area contributed by atoms with Gasteiger partial charge in [-0.15, -0.1) is 11.3 Å². The zero-order valence-electron chi connectivity index (χ0n) is 12.2. The average molecular weight is 343 g/mol. The van der Waals surface area contributed by atoms with Crippen LogP contribution >= 0.6 is 11.3 Å². The van der Waals surface area contributed by atoms with Crippen LogP contribution in [-0.2, 0) is 21.4 Å². The van der Waals surface area contributed by atoms with Crippen molar-refractivity contribution in [2.75, 3.05) is 6.54 Å². The van der Waals surface area contributed by atoms with Crippen molar-refractivity contribution in [3.63, 3.8) is 0 Å². The summed E-state index contributed by atoms with van der Waals surface area (Å²) in [7, 11) is -3.63. The second-order valence-electron chi connectivity index (χ2n) is 4.91. The second-order valence-corrected chi connectivity index (χ2v) is 7.85. The normalized spacial score (nSPS) is 11.8. The number of carbonyl (C=O) groups is 1. The molecular formula is C13H17N3O4S2. The van der Waals surface area contributed by atoms with Crippen LogP contribution in [-0.4, -0.2) is 26.0 Å². The summed E-state index contributed by atoms with van der Waals surface area (Å²) in [4.78, 5) is 11.7. The predicted molar refractivity (Wildman–Crippen MR) is 81.9 cm³/mol. The zero-order valence-corrected chi connectivity index (χ0v) is 13.8. The first-order valence-corrected chi connectivity index (χ1v) is 9.00. The van der Waals surface area contributed by atoms with E-state index in [1.807, 2.05) is 13.8 Å². The van der Waals surface area contributed by atoms with Crippen LogP contribution < -0.4 is 10.0 Å². The first kappa shape index (κ1) is 16.7. The standard InChI is InChI=1S/C13H17N3O4S2/c1-9(2)11-6-10(20-16-11)7-14-12(17)8-15-22(18,19)13-4-3-5-21-13/h3-6,9,15H,7-8H2,1-2H3,(H,14,17). The van der Waals surface area contributed by atoms with E-state index in [1.54, 1.807) is 17.5 Å². The Morgan fingerprint density at radius 3 is 2.82 bits per heavy atom. The fourth-order valence-corrected chi connectivity index (χ4v) is 3.60. The molecular weight excluding hydrogens is 326 g/mol. The van der Waals surface area contributed by atoms with Gasteiger partial charge in [0.15, 0.2) is 5.76 Å². The Bertz CT molecular complexity index is 720. The molecule has 120 valence electrons. The van der Waals surface area contributed by atoms with Gasteiger partial charge in [-0.2, -0.15) is 0 Å². The van der Waals surface area contributed by atoms with Crippen molar-refractivity contribution in [3.8, 4) is 0 Å². The van der Waals surface area contributed by atoms with Gasteiger partial charge in [0.2, 0.25) is 5.91 Å². The second kappa shape index (κ2) is 7.03. The highest BCUT2D eigenvalue weighted by atomic mass is 32.2. The summed E-state index contributed by atoms with van der Waals surface area (Å²) in [6.07, 6.45) is 0. The van der Waals surface area contributed by atoms with Gasteiger partial charge in [-0.05, 0) is 17.4 Å². The van der Waals surface area contributed by atoms with Crippen LogP contribution in [0.3, 0.4) is 0 Å². The number of aromatic nitrogens is 1. The Hall–Kier alpha value is -1.71. The molecule has 2 aromatic rings. The van der Waals surface area contributed by atoms with Crippen LogP contribution in [0.2, 0.25) is 0 Å². The van der Waals surface area contributed by atoms with E-state index in [9.17, 15) is 13.2 Å². The van der Waals surface area contributed by atoms with Crippen molar-refractivity contribution >= 4 is 27.3 Å². The monoisotopic (exact) mass is 343 g/mol. The lowest BCUT2D eigenvalue weighted by atomic mass is 10.1. The number of hydrogen-bond donors (Lipinski definition) is 2. The van der Waals surface area contributed by atoms with E-state index in [1.165, 1.54) is 6.07 Å². The molecule has 1 amide bonds. The van der Waals surface area contributed by atoms with Crippen LogP contribution in [0, 0.1) is 0 Å². The lowest BCUT2D eigenvalue weighted by Gasteiger charge is -2.05. The summed E-state index contributed by atoms with van der Waals surface area (Å²) in [5, 5.41) is 8.11. The first-order chi connectivity index (χ1) is 10.4. The molecule has 2 aromatic heterocycles. The lowest BCUT2D eigenvalue weighted by Crippen LogP contribution is -2.36. The summed E-state index contributed by atoms with van der Waals surface area (Å²) in [5.74, 6) is 0.326. The predicted octanol–water partition coefficient (Wildman–Crippen LogP) is 1.45. The molecule has 2 heterocycles. The molecule has 2 rings (SSSR count). The molecule has 2 N–H and O–H groups in total. The minimum absolute atomic E-state index is 0.166. The quantitative estimate of drug-likeness (QED) is 0.792. The van der Waals surface area contributed by atoms with Crippen molar-refractivity contribution in [3.05, 3.63) is 35.0 Å². The summed E-state index contributed by atoms with van der Waals surface area (Å²) in [6, 6.07) is 4.88. The van der Waals surface area contributed by atoms with E-state index >= 15 is 0 Å².